The largest absolute Gasteiger partial charge is 0.348 e. The molecule has 0 bridgehead atoms. The number of rotatable bonds is 5. The number of aromatic nitrogens is 3. The van der Waals surface area contributed by atoms with Gasteiger partial charge in [0.1, 0.15) is 5.82 Å². The number of nitrogens with one attached hydrogen (secondary N) is 2. The minimum atomic E-state index is 0.517. The van der Waals surface area contributed by atoms with Gasteiger partial charge in [-0.2, -0.15) is 0 Å². The minimum absolute atomic E-state index is 0.517. The molecule has 0 unspecified atom stereocenters. The molecule has 86 valence electrons. The second kappa shape index (κ2) is 5.23. The van der Waals surface area contributed by atoms with Crippen LogP contribution in [-0.4, -0.2) is 15.0 Å². The highest BCUT2D eigenvalue weighted by Crippen LogP contribution is 2.18. The number of aromatic amines is 1. The van der Waals surface area contributed by atoms with Crippen molar-refractivity contribution in [2.75, 3.05) is 0 Å². The zero-order valence-corrected chi connectivity index (χ0v) is 10.3. The fourth-order valence-electron chi connectivity index (χ4n) is 1.37. The highest BCUT2D eigenvalue weighted by Gasteiger charge is 2.05. The molecular weight excluding hydrogens is 220 g/mol. The minimum Gasteiger partial charge on any atom is -0.348 e. The molecule has 16 heavy (non-hydrogen) atoms. The molecule has 4 nitrogen and oxygen atoms in total. The average molecular weight is 236 g/mol. The van der Waals surface area contributed by atoms with Crippen molar-refractivity contribution in [2.24, 2.45) is 0 Å². The summed E-state index contributed by atoms with van der Waals surface area (Å²) in [7, 11) is 0. The van der Waals surface area contributed by atoms with E-state index >= 15 is 0 Å². The van der Waals surface area contributed by atoms with E-state index in [-0.39, 0.29) is 0 Å². The summed E-state index contributed by atoms with van der Waals surface area (Å²) in [5.74, 6) is 1.48. The lowest BCUT2D eigenvalue weighted by Crippen LogP contribution is -2.13. The Balaban J connectivity index is 1.81. The van der Waals surface area contributed by atoms with Gasteiger partial charge in [0.2, 0.25) is 0 Å². The smallest absolute Gasteiger partial charge is 0.120 e. The van der Waals surface area contributed by atoms with Crippen LogP contribution < -0.4 is 5.32 Å². The third-order valence-electron chi connectivity index (χ3n) is 2.22. The number of H-pyrrole nitrogens is 1. The summed E-state index contributed by atoms with van der Waals surface area (Å²) in [5, 5.41) is 6.63. The van der Waals surface area contributed by atoms with E-state index < -0.39 is 0 Å². The summed E-state index contributed by atoms with van der Waals surface area (Å²) in [5.41, 5.74) is 1.11. The average Bonchev–Trinajstić information content (AvgIpc) is 2.87. The summed E-state index contributed by atoms with van der Waals surface area (Å²) in [6.45, 7) is 5.88. The van der Waals surface area contributed by atoms with Crippen molar-refractivity contribution in [3.63, 3.8) is 0 Å². The molecule has 5 heteroatoms. The van der Waals surface area contributed by atoms with E-state index in [4.69, 9.17) is 0 Å². The summed E-state index contributed by atoms with van der Waals surface area (Å²) in [4.78, 5) is 11.8. The predicted octanol–water partition coefficient (Wildman–Crippen LogP) is 2.28. The van der Waals surface area contributed by atoms with Crippen molar-refractivity contribution in [3.8, 4) is 0 Å². The van der Waals surface area contributed by atoms with E-state index in [1.165, 1.54) is 5.01 Å². The van der Waals surface area contributed by atoms with Crippen LogP contribution >= 0.6 is 11.3 Å². The molecule has 2 rings (SSSR count). The molecule has 0 aliphatic carbocycles. The Morgan fingerprint density at radius 2 is 2.31 bits per heavy atom. The number of imidazole rings is 1. The van der Waals surface area contributed by atoms with Crippen LogP contribution in [0, 0.1) is 0 Å². The molecule has 0 saturated carbocycles. The Morgan fingerprint density at radius 1 is 1.44 bits per heavy atom. The van der Waals surface area contributed by atoms with Gasteiger partial charge in [-0.05, 0) is 0 Å². The van der Waals surface area contributed by atoms with Crippen molar-refractivity contribution < 1.29 is 0 Å². The molecule has 0 radical (unpaired) electrons. The van der Waals surface area contributed by atoms with Crippen LogP contribution in [0.1, 0.15) is 36.3 Å². The third kappa shape index (κ3) is 2.90. The van der Waals surface area contributed by atoms with Crippen LogP contribution in [0.4, 0.5) is 0 Å². The quantitative estimate of drug-likeness (QED) is 0.837. The van der Waals surface area contributed by atoms with Gasteiger partial charge in [0.25, 0.3) is 0 Å². The number of nitrogens with zero attached hydrogens (tertiary/aromatic N) is 2. The second-order valence-corrected chi connectivity index (χ2v) is 4.86. The van der Waals surface area contributed by atoms with Gasteiger partial charge in [-0.3, -0.25) is 0 Å². The topological polar surface area (TPSA) is 53.6 Å². The molecule has 0 amide bonds. The molecule has 2 aromatic rings. The number of hydrogen-bond acceptors (Lipinski definition) is 4. The molecular formula is C11H16N4S. The third-order valence-corrected chi connectivity index (χ3v) is 3.41. The Labute approximate surface area is 99.2 Å². The number of hydrogen-bond donors (Lipinski definition) is 2. The molecule has 2 heterocycles. The van der Waals surface area contributed by atoms with Gasteiger partial charge in [-0.25, -0.2) is 9.97 Å². The Kier molecular flexibility index (Phi) is 3.69. The molecule has 0 aliphatic heterocycles. The lowest BCUT2D eigenvalue weighted by molar-refractivity contribution is 0.656. The Hall–Kier alpha value is -1.20. The van der Waals surface area contributed by atoms with Crippen LogP contribution in [-0.2, 0) is 13.1 Å². The summed E-state index contributed by atoms with van der Waals surface area (Å²) in [6.07, 6.45) is 3.59. The fraction of sp³-hybridized carbons (Fsp3) is 0.455. The van der Waals surface area contributed by atoms with Gasteiger partial charge in [-0.1, -0.05) is 13.8 Å². The first-order chi connectivity index (χ1) is 7.75. The lowest BCUT2D eigenvalue weighted by Gasteiger charge is -2.00. The van der Waals surface area contributed by atoms with Crippen molar-refractivity contribution in [1.29, 1.82) is 0 Å². The normalized spacial score (nSPS) is 11.2. The van der Waals surface area contributed by atoms with Crippen LogP contribution in [0.2, 0.25) is 0 Å². The van der Waals surface area contributed by atoms with Crippen LogP contribution in [0.15, 0.2) is 17.8 Å². The van der Waals surface area contributed by atoms with Crippen LogP contribution in [0.3, 0.4) is 0 Å². The molecule has 0 fully saturated rings. The monoisotopic (exact) mass is 236 g/mol. The van der Waals surface area contributed by atoms with Crippen molar-refractivity contribution >= 4 is 11.3 Å². The summed E-state index contributed by atoms with van der Waals surface area (Å²) >= 11 is 1.73. The zero-order valence-electron chi connectivity index (χ0n) is 9.53. The highest BCUT2D eigenvalue weighted by molar-refractivity contribution is 7.09. The van der Waals surface area contributed by atoms with E-state index in [1.807, 2.05) is 6.20 Å². The maximum Gasteiger partial charge on any atom is 0.120 e. The molecule has 0 atom stereocenters. The summed E-state index contributed by atoms with van der Waals surface area (Å²) in [6, 6.07) is 0. The van der Waals surface area contributed by atoms with Crippen molar-refractivity contribution in [3.05, 3.63) is 34.3 Å². The SMILES string of the molecule is CC(C)c1nc(CNCc2ncc[nH]2)cs1. The first-order valence-electron chi connectivity index (χ1n) is 5.39. The van der Waals surface area contributed by atoms with Crippen molar-refractivity contribution in [2.45, 2.75) is 32.9 Å². The predicted molar refractivity (Wildman–Crippen MR) is 65.3 cm³/mol. The standard InChI is InChI=1S/C11H16N4S/c1-8(2)11-15-9(7-16-11)5-12-6-10-13-3-4-14-10/h3-4,7-8,12H,5-6H2,1-2H3,(H,13,14). The maximum absolute atomic E-state index is 4.55. The first-order valence-corrected chi connectivity index (χ1v) is 6.27. The van der Waals surface area contributed by atoms with E-state index in [2.05, 4.69) is 39.5 Å². The number of thiazole rings is 1. The van der Waals surface area contributed by atoms with E-state index in [9.17, 15) is 0 Å². The van der Waals surface area contributed by atoms with Gasteiger partial charge in [0.05, 0.1) is 17.2 Å². The molecule has 2 N–H and O–H groups in total. The van der Waals surface area contributed by atoms with Gasteiger partial charge in [-0.15, -0.1) is 11.3 Å². The van der Waals surface area contributed by atoms with E-state index in [0.717, 1.165) is 24.6 Å². The van der Waals surface area contributed by atoms with Gasteiger partial charge < -0.3 is 10.3 Å². The van der Waals surface area contributed by atoms with Crippen LogP contribution in [0.5, 0.6) is 0 Å². The second-order valence-electron chi connectivity index (χ2n) is 3.97. The Morgan fingerprint density at radius 3 is 2.94 bits per heavy atom. The van der Waals surface area contributed by atoms with Crippen molar-refractivity contribution in [1.82, 2.24) is 20.3 Å². The summed E-state index contributed by atoms with van der Waals surface area (Å²) < 4.78 is 0. The van der Waals surface area contributed by atoms with Gasteiger partial charge in [0, 0.05) is 30.2 Å². The Bertz CT molecular complexity index is 419. The van der Waals surface area contributed by atoms with E-state index in [0.29, 0.717) is 5.92 Å². The maximum atomic E-state index is 4.55. The first kappa shape index (κ1) is 11.3. The zero-order chi connectivity index (χ0) is 11.4. The fourth-order valence-corrected chi connectivity index (χ4v) is 2.21. The van der Waals surface area contributed by atoms with Gasteiger partial charge in [0.15, 0.2) is 0 Å². The van der Waals surface area contributed by atoms with E-state index in [1.54, 1.807) is 17.5 Å². The van der Waals surface area contributed by atoms with Gasteiger partial charge >= 0.3 is 0 Å². The molecule has 0 aromatic carbocycles. The molecule has 0 spiro atoms. The molecule has 0 aliphatic rings. The molecule has 0 saturated heterocycles. The highest BCUT2D eigenvalue weighted by atomic mass is 32.1. The lowest BCUT2D eigenvalue weighted by atomic mass is 10.2. The molecule has 2 aromatic heterocycles. The van der Waals surface area contributed by atoms with Crippen LogP contribution in [0.25, 0.3) is 0 Å².